The summed E-state index contributed by atoms with van der Waals surface area (Å²) in [4.78, 5) is 24.1. The highest BCUT2D eigenvalue weighted by Gasteiger charge is 2.11. The lowest BCUT2D eigenvalue weighted by molar-refractivity contribution is 0.465. The topological polar surface area (TPSA) is 101 Å². The predicted molar refractivity (Wildman–Crippen MR) is 110 cm³/mol. The molecule has 0 saturated carbocycles. The minimum absolute atomic E-state index is 0.00480. The molecule has 0 aliphatic carbocycles. The lowest BCUT2D eigenvalue weighted by atomic mass is 10.1. The summed E-state index contributed by atoms with van der Waals surface area (Å²) in [5.41, 5.74) is 1.88. The third-order valence-corrected chi connectivity index (χ3v) is 4.32. The Morgan fingerprint density at radius 3 is 1.90 bits per heavy atom. The molecular weight excluding hydrogens is 372 g/mol. The van der Waals surface area contributed by atoms with Crippen LogP contribution >= 0.6 is 0 Å². The fraction of sp³-hybridized carbons (Fsp3) is 0. The number of fused-ring (bicyclic) bond motifs is 2. The van der Waals surface area contributed by atoms with Gasteiger partial charge in [0.05, 0.1) is 10.8 Å². The van der Waals surface area contributed by atoms with Crippen LogP contribution in [0.3, 0.4) is 0 Å². The summed E-state index contributed by atoms with van der Waals surface area (Å²) in [7, 11) is 0. The van der Waals surface area contributed by atoms with Gasteiger partial charge in [-0.3, -0.25) is 0 Å². The highest BCUT2D eigenvalue weighted by atomic mass is 16.4. The Kier molecular flexibility index (Phi) is 4.61. The molecule has 0 saturated heterocycles. The Bertz CT molecular complexity index is 1450. The number of allylic oxidation sites excluding steroid dienone is 2. The average Bonchev–Trinajstić information content (AvgIpc) is 2.72. The Morgan fingerprint density at radius 2 is 1.28 bits per heavy atom. The summed E-state index contributed by atoms with van der Waals surface area (Å²) in [5, 5.41) is 21.4. The smallest absolute Gasteiger partial charge is 0.348 e. The van der Waals surface area contributed by atoms with E-state index in [1.165, 1.54) is 24.3 Å². The molecular formula is C23H14O6. The van der Waals surface area contributed by atoms with Crippen molar-refractivity contribution in [2.75, 3.05) is 0 Å². The van der Waals surface area contributed by atoms with Gasteiger partial charge in [0.15, 0.2) is 0 Å². The van der Waals surface area contributed by atoms with Gasteiger partial charge in [-0.05, 0) is 42.5 Å². The zero-order valence-electron chi connectivity index (χ0n) is 15.0. The molecule has 2 aromatic carbocycles. The molecule has 4 rings (SSSR count). The van der Waals surface area contributed by atoms with Gasteiger partial charge in [-0.25, -0.2) is 9.59 Å². The maximum Gasteiger partial charge on any atom is 0.348 e. The maximum atomic E-state index is 12.0. The van der Waals surface area contributed by atoms with Gasteiger partial charge in [0.25, 0.3) is 0 Å². The highest BCUT2D eigenvalue weighted by molar-refractivity contribution is 5.87. The molecule has 29 heavy (non-hydrogen) atoms. The quantitative estimate of drug-likeness (QED) is 0.311. The lowest BCUT2D eigenvalue weighted by Gasteiger charge is -2.02. The number of hydrogen-bond acceptors (Lipinski definition) is 6. The first-order valence-corrected chi connectivity index (χ1v) is 8.65. The van der Waals surface area contributed by atoms with Crippen molar-refractivity contribution in [3.05, 3.63) is 98.4 Å². The van der Waals surface area contributed by atoms with Crippen LogP contribution in [0.1, 0.15) is 11.1 Å². The van der Waals surface area contributed by atoms with E-state index in [0.29, 0.717) is 16.4 Å². The molecule has 142 valence electrons. The van der Waals surface area contributed by atoms with Crippen LogP contribution in [-0.2, 0) is 0 Å². The van der Waals surface area contributed by atoms with Crippen LogP contribution in [-0.4, -0.2) is 10.2 Å². The highest BCUT2D eigenvalue weighted by Crippen LogP contribution is 2.27. The molecule has 6 nitrogen and oxygen atoms in total. The maximum absolute atomic E-state index is 12.0. The number of benzene rings is 2. The summed E-state index contributed by atoms with van der Waals surface area (Å²) < 4.78 is 10.3. The van der Waals surface area contributed by atoms with Crippen LogP contribution in [0.5, 0.6) is 11.5 Å². The van der Waals surface area contributed by atoms with Gasteiger partial charge in [-0.15, -0.1) is 5.73 Å². The molecule has 0 bridgehead atoms. The molecule has 0 radical (unpaired) electrons. The number of aromatic hydroxyl groups is 2. The fourth-order valence-corrected chi connectivity index (χ4v) is 2.90. The summed E-state index contributed by atoms with van der Waals surface area (Å²) in [6.45, 7) is 0. The van der Waals surface area contributed by atoms with E-state index in [-0.39, 0.29) is 28.2 Å². The normalized spacial score (nSPS) is 11.0. The van der Waals surface area contributed by atoms with Crippen molar-refractivity contribution in [3.63, 3.8) is 0 Å². The third kappa shape index (κ3) is 3.36. The van der Waals surface area contributed by atoms with Crippen molar-refractivity contribution >= 4 is 34.1 Å². The SMILES string of the molecule is O=c1oc2ccccc2c(O)c1C=C=CC=Cc1c(O)c2ccccc2oc1=O. The minimum Gasteiger partial charge on any atom is -0.506 e. The largest absolute Gasteiger partial charge is 0.506 e. The second-order valence-electron chi connectivity index (χ2n) is 6.13. The second-order valence-corrected chi connectivity index (χ2v) is 6.13. The summed E-state index contributed by atoms with van der Waals surface area (Å²) >= 11 is 0. The van der Waals surface area contributed by atoms with Crippen molar-refractivity contribution in [2.24, 2.45) is 0 Å². The van der Waals surface area contributed by atoms with Gasteiger partial charge >= 0.3 is 11.3 Å². The predicted octanol–water partition coefficient (Wildman–Crippen LogP) is 4.19. The standard InChI is InChI=1S/C23H14O6/c24-20-14-8-4-6-12-18(14)28-22(26)16(20)10-2-1-3-11-17-21(25)15-9-5-7-13-19(15)29-23(17)27/h1-2,4-13,24-25H. The van der Waals surface area contributed by atoms with Gasteiger partial charge in [0.1, 0.15) is 33.8 Å². The van der Waals surface area contributed by atoms with Crippen LogP contribution in [0.4, 0.5) is 0 Å². The molecule has 0 spiro atoms. The zero-order valence-corrected chi connectivity index (χ0v) is 15.0. The molecule has 4 aromatic rings. The molecule has 2 N–H and O–H groups in total. The van der Waals surface area contributed by atoms with E-state index in [0.717, 1.165) is 0 Å². The van der Waals surface area contributed by atoms with Crippen LogP contribution in [0.25, 0.3) is 34.1 Å². The summed E-state index contributed by atoms with van der Waals surface area (Å²) in [5.74, 6) is -0.382. The molecule has 0 aliphatic rings. The second kappa shape index (κ2) is 7.38. The van der Waals surface area contributed by atoms with Crippen LogP contribution in [0.15, 0.2) is 84.8 Å². The van der Waals surface area contributed by atoms with E-state index < -0.39 is 11.3 Å². The van der Waals surface area contributed by atoms with E-state index in [1.807, 2.05) is 0 Å². The van der Waals surface area contributed by atoms with Gasteiger partial charge in [0, 0.05) is 0 Å². The molecule has 0 atom stereocenters. The Balaban J connectivity index is 1.68. The first-order valence-electron chi connectivity index (χ1n) is 8.65. The Morgan fingerprint density at radius 1 is 0.759 bits per heavy atom. The van der Waals surface area contributed by atoms with E-state index in [1.54, 1.807) is 48.5 Å². The van der Waals surface area contributed by atoms with Gasteiger partial charge < -0.3 is 19.0 Å². The molecule has 0 unspecified atom stereocenters. The zero-order chi connectivity index (χ0) is 20.4. The van der Waals surface area contributed by atoms with Gasteiger partial charge in [-0.1, -0.05) is 30.3 Å². The fourth-order valence-electron chi connectivity index (χ4n) is 2.90. The molecule has 6 heteroatoms. The molecule has 0 aliphatic heterocycles. The van der Waals surface area contributed by atoms with Gasteiger partial charge in [0.2, 0.25) is 0 Å². The monoisotopic (exact) mass is 386 g/mol. The van der Waals surface area contributed by atoms with E-state index in [9.17, 15) is 19.8 Å². The van der Waals surface area contributed by atoms with Crippen LogP contribution in [0.2, 0.25) is 0 Å². The van der Waals surface area contributed by atoms with Gasteiger partial charge in [-0.2, -0.15) is 0 Å². The summed E-state index contributed by atoms with van der Waals surface area (Å²) in [6, 6.07) is 13.3. The van der Waals surface area contributed by atoms with E-state index >= 15 is 0 Å². The van der Waals surface area contributed by atoms with Crippen molar-refractivity contribution in [1.29, 1.82) is 0 Å². The average molecular weight is 386 g/mol. The Labute approximate surface area is 163 Å². The molecule has 0 amide bonds. The van der Waals surface area contributed by atoms with Crippen LogP contribution in [0, 0.1) is 0 Å². The first-order chi connectivity index (χ1) is 14.1. The van der Waals surface area contributed by atoms with Crippen molar-refractivity contribution < 1.29 is 19.0 Å². The molecule has 2 heterocycles. The molecule has 2 aromatic heterocycles. The minimum atomic E-state index is -0.695. The van der Waals surface area contributed by atoms with Crippen molar-refractivity contribution in [3.8, 4) is 11.5 Å². The lowest BCUT2D eigenvalue weighted by Crippen LogP contribution is -2.03. The van der Waals surface area contributed by atoms with Crippen molar-refractivity contribution in [1.82, 2.24) is 0 Å². The summed E-state index contributed by atoms with van der Waals surface area (Å²) in [6.07, 6.45) is 5.52. The Hall–Kier alpha value is -4.28. The number of para-hydroxylation sites is 2. The number of rotatable bonds is 3. The van der Waals surface area contributed by atoms with E-state index in [2.05, 4.69) is 5.73 Å². The van der Waals surface area contributed by atoms with Crippen molar-refractivity contribution in [2.45, 2.75) is 0 Å². The van der Waals surface area contributed by atoms with E-state index in [4.69, 9.17) is 8.83 Å². The first kappa shape index (κ1) is 18.1. The molecule has 0 fully saturated rings. The third-order valence-electron chi connectivity index (χ3n) is 4.32. The number of hydrogen-bond donors (Lipinski definition) is 2. The van der Waals surface area contributed by atoms with Crippen LogP contribution < -0.4 is 11.3 Å².